The Kier molecular flexibility index (Phi) is 5.75. The third-order valence-corrected chi connectivity index (χ3v) is 5.41. The molecule has 4 nitrogen and oxygen atoms in total. The summed E-state index contributed by atoms with van der Waals surface area (Å²) in [5, 5.41) is 3.88. The number of carbonyl (C=O) groups is 1. The van der Waals surface area contributed by atoms with Gasteiger partial charge in [0.15, 0.2) is 0 Å². The molecule has 0 saturated heterocycles. The van der Waals surface area contributed by atoms with E-state index in [9.17, 15) is 9.18 Å². The first-order valence-corrected chi connectivity index (χ1v) is 10.2. The zero-order valence-corrected chi connectivity index (χ0v) is 17.6. The number of aryl methyl sites for hydroxylation is 1. The van der Waals surface area contributed by atoms with Crippen LogP contribution in [0.2, 0.25) is 10.0 Å². The number of imidazole rings is 1. The van der Waals surface area contributed by atoms with Gasteiger partial charge in [-0.25, -0.2) is 9.37 Å². The van der Waals surface area contributed by atoms with E-state index in [4.69, 9.17) is 23.2 Å². The summed E-state index contributed by atoms with van der Waals surface area (Å²) in [6.07, 6.45) is 2.38. The second-order valence-electron chi connectivity index (χ2n) is 6.84. The minimum Gasteiger partial charge on any atom is -0.347 e. The number of carbonyl (C=O) groups excluding carboxylic acids is 1. The molecule has 4 rings (SSSR count). The number of fused-ring (bicyclic) bond motifs is 1. The number of nitrogens with one attached hydrogen (secondary N) is 1. The van der Waals surface area contributed by atoms with Crippen molar-refractivity contribution in [3.05, 3.63) is 93.6 Å². The molecule has 0 saturated carbocycles. The number of rotatable bonds is 5. The van der Waals surface area contributed by atoms with Gasteiger partial charge in [0.05, 0.1) is 10.7 Å². The Morgan fingerprint density at radius 2 is 1.87 bits per heavy atom. The summed E-state index contributed by atoms with van der Waals surface area (Å²) in [6.45, 7) is 2.32. The molecule has 152 valence electrons. The monoisotopic (exact) mass is 441 g/mol. The van der Waals surface area contributed by atoms with E-state index in [-0.39, 0.29) is 11.7 Å². The van der Waals surface area contributed by atoms with Crippen LogP contribution in [0.4, 0.5) is 4.39 Å². The molecule has 0 atom stereocenters. The number of hydrogen-bond acceptors (Lipinski definition) is 2. The van der Waals surface area contributed by atoms with Gasteiger partial charge in [-0.2, -0.15) is 0 Å². The SMILES string of the molecule is CCc1nc2cc(Cl)ccn2c1C(=O)NCc1ccc(-c2ccc(F)cc2Cl)cc1. The van der Waals surface area contributed by atoms with Gasteiger partial charge in [-0.15, -0.1) is 0 Å². The van der Waals surface area contributed by atoms with Crippen LogP contribution in [0.15, 0.2) is 60.8 Å². The van der Waals surface area contributed by atoms with Crippen LogP contribution in [0.5, 0.6) is 0 Å². The van der Waals surface area contributed by atoms with Crippen molar-refractivity contribution >= 4 is 34.8 Å². The molecule has 0 spiro atoms. The molecule has 1 N–H and O–H groups in total. The van der Waals surface area contributed by atoms with Crippen LogP contribution < -0.4 is 5.32 Å². The average molecular weight is 442 g/mol. The van der Waals surface area contributed by atoms with Gasteiger partial charge in [-0.05, 0) is 41.8 Å². The summed E-state index contributed by atoms with van der Waals surface area (Å²) in [6, 6.07) is 15.4. The molecule has 7 heteroatoms. The maximum absolute atomic E-state index is 13.3. The molecule has 1 amide bonds. The summed E-state index contributed by atoms with van der Waals surface area (Å²) < 4.78 is 15.0. The number of halogens is 3. The van der Waals surface area contributed by atoms with Crippen LogP contribution in [0.3, 0.4) is 0 Å². The molecule has 2 heterocycles. The quantitative estimate of drug-likeness (QED) is 0.416. The number of nitrogens with zero attached hydrogens (tertiary/aromatic N) is 2. The molecule has 0 aliphatic heterocycles. The molecular formula is C23H18Cl2FN3O. The van der Waals surface area contributed by atoms with Crippen molar-refractivity contribution < 1.29 is 9.18 Å². The lowest BCUT2D eigenvalue weighted by Gasteiger charge is -2.09. The Balaban J connectivity index is 1.51. The van der Waals surface area contributed by atoms with Gasteiger partial charge in [0.2, 0.25) is 0 Å². The van der Waals surface area contributed by atoms with Gasteiger partial charge in [0.1, 0.15) is 17.2 Å². The predicted octanol–water partition coefficient (Wildman–Crippen LogP) is 5.94. The Hall–Kier alpha value is -2.89. The van der Waals surface area contributed by atoms with Crippen LogP contribution in [-0.4, -0.2) is 15.3 Å². The lowest BCUT2D eigenvalue weighted by molar-refractivity contribution is 0.0944. The van der Waals surface area contributed by atoms with Crippen LogP contribution in [-0.2, 0) is 13.0 Å². The largest absolute Gasteiger partial charge is 0.347 e. The predicted molar refractivity (Wildman–Crippen MR) is 118 cm³/mol. The lowest BCUT2D eigenvalue weighted by Crippen LogP contribution is -2.25. The molecule has 0 bridgehead atoms. The van der Waals surface area contributed by atoms with Gasteiger partial charge in [0, 0.05) is 29.4 Å². The Morgan fingerprint density at radius 1 is 1.10 bits per heavy atom. The Bertz CT molecular complexity index is 1240. The van der Waals surface area contributed by atoms with Crippen molar-refractivity contribution in [3.8, 4) is 11.1 Å². The summed E-state index contributed by atoms with van der Waals surface area (Å²) in [4.78, 5) is 17.4. The van der Waals surface area contributed by atoms with E-state index in [0.29, 0.717) is 34.4 Å². The Morgan fingerprint density at radius 3 is 2.57 bits per heavy atom. The van der Waals surface area contributed by atoms with E-state index in [2.05, 4.69) is 10.3 Å². The number of amides is 1. The van der Waals surface area contributed by atoms with E-state index in [1.54, 1.807) is 28.8 Å². The zero-order chi connectivity index (χ0) is 21.3. The zero-order valence-electron chi connectivity index (χ0n) is 16.1. The maximum atomic E-state index is 13.3. The molecule has 2 aromatic carbocycles. The highest BCUT2D eigenvalue weighted by molar-refractivity contribution is 6.33. The second-order valence-corrected chi connectivity index (χ2v) is 7.68. The first-order chi connectivity index (χ1) is 14.5. The standard InChI is InChI=1S/C23H18Cl2FN3O/c1-2-20-22(29-10-9-16(24)11-21(29)28-20)23(30)27-13-14-3-5-15(6-4-14)18-8-7-17(26)12-19(18)25/h3-12H,2,13H2,1H3,(H,27,30). The second kappa shape index (κ2) is 8.46. The van der Waals surface area contributed by atoms with E-state index in [1.807, 2.05) is 31.2 Å². The molecule has 0 aliphatic rings. The summed E-state index contributed by atoms with van der Waals surface area (Å²) in [5.41, 5.74) is 4.44. The van der Waals surface area contributed by atoms with Gasteiger partial charge in [-0.3, -0.25) is 9.20 Å². The summed E-state index contributed by atoms with van der Waals surface area (Å²) in [5.74, 6) is -0.573. The highest BCUT2D eigenvalue weighted by Gasteiger charge is 2.18. The van der Waals surface area contributed by atoms with Gasteiger partial charge in [-0.1, -0.05) is 54.4 Å². The highest BCUT2D eigenvalue weighted by atomic mass is 35.5. The fraction of sp³-hybridized carbons (Fsp3) is 0.130. The van der Waals surface area contributed by atoms with Gasteiger partial charge < -0.3 is 5.32 Å². The number of hydrogen-bond donors (Lipinski definition) is 1. The van der Waals surface area contributed by atoms with Crippen molar-refractivity contribution in [3.63, 3.8) is 0 Å². The van der Waals surface area contributed by atoms with Gasteiger partial charge in [0.25, 0.3) is 5.91 Å². The minimum atomic E-state index is -0.371. The average Bonchev–Trinajstić information content (AvgIpc) is 3.10. The first-order valence-electron chi connectivity index (χ1n) is 9.45. The van der Waals surface area contributed by atoms with Crippen LogP contribution >= 0.6 is 23.2 Å². The molecule has 30 heavy (non-hydrogen) atoms. The maximum Gasteiger partial charge on any atom is 0.270 e. The van der Waals surface area contributed by atoms with Crippen molar-refractivity contribution in [2.45, 2.75) is 19.9 Å². The van der Waals surface area contributed by atoms with Crippen LogP contribution in [0, 0.1) is 5.82 Å². The van der Waals surface area contributed by atoms with Gasteiger partial charge >= 0.3 is 0 Å². The molecule has 0 unspecified atom stereocenters. The number of aromatic nitrogens is 2. The first kappa shape index (κ1) is 20.4. The van der Waals surface area contributed by atoms with E-state index < -0.39 is 0 Å². The van der Waals surface area contributed by atoms with Crippen molar-refractivity contribution in [2.24, 2.45) is 0 Å². The molecule has 2 aromatic heterocycles. The smallest absolute Gasteiger partial charge is 0.270 e. The van der Waals surface area contributed by atoms with Crippen LogP contribution in [0.1, 0.15) is 28.7 Å². The molecular weight excluding hydrogens is 424 g/mol. The minimum absolute atomic E-state index is 0.202. The lowest BCUT2D eigenvalue weighted by atomic mass is 10.0. The van der Waals surface area contributed by atoms with Crippen molar-refractivity contribution in [1.82, 2.24) is 14.7 Å². The topological polar surface area (TPSA) is 46.4 Å². The van der Waals surface area contributed by atoms with Crippen LogP contribution in [0.25, 0.3) is 16.8 Å². The molecule has 0 aliphatic carbocycles. The van der Waals surface area contributed by atoms with Crippen molar-refractivity contribution in [1.29, 1.82) is 0 Å². The third kappa shape index (κ3) is 4.04. The van der Waals surface area contributed by atoms with E-state index in [0.717, 1.165) is 22.4 Å². The highest BCUT2D eigenvalue weighted by Crippen LogP contribution is 2.28. The Labute approximate surface area is 183 Å². The molecule has 0 fully saturated rings. The number of pyridine rings is 1. The fourth-order valence-corrected chi connectivity index (χ4v) is 3.78. The molecule has 0 radical (unpaired) electrons. The van der Waals surface area contributed by atoms with Crippen molar-refractivity contribution in [2.75, 3.05) is 0 Å². The van der Waals surface area contributed by atoms with E-state index in [1.165, 1.54) is 12.1 Å². The molecule has 4 aromatic rings. The summed E-state index contributed by atoms with van der Waals surface area (Å²) in [7, 11) is 0. The third-order valence-electron chi connectivity index (χ3n) is 4.86. The number of benzene rings is 2. The normalized spacial score (nSPS) is 11.1. The van der Waals surface area contributed by atoms with E-state index >= 15 is 0 Å². The summed E-state index contributed by atoms with van der Waals surface area (Å²) >= 11 is 12.2. The fourth-order valence-electron chi connectivity index (χ4n) is 3.35.